The van der Waals surface area contributed by atoms with Crippen LogP contribution in [0.5, 0.6) is 0 Å². The summed E-state index contributed by atoms with van der Waals surface area (Å²) in [6.07, 6.45) is 5.11. The van der Waals surface area contributed by atoms with Gasteiger partial charge in [0, 0.05) is 13.1 Å². The minimum absolute atomic E-state index is 0.0505. The first-order valence-electron chi connectivity index (χ1n) is 7.93. The van der Waals surface area contributed by atoms with Gasteiger partial charge in [0.2, 0.25) is 0 Å². The van der Waals surface area contributed by atoms with E-state index in [4.69, 9.17) is 4.52 Å². The summed E-state index contributed by atoms with van der Waals surface area (Å²) in [6, 6.07) is 0. The zero-order valence-corrected chi connectivity index (χ0v) is 14.2. The lowest BCUT2D eigenvalue weighted by Crippen LogP contribution is -2.34. The molecule has 0 spiro atoms. The lowest BCUT2D eigenvalue weighted by Gasteiger charge is -2.37. The quantitative estimate of drug-likeness (QED) is 0.643. The Morgan fingerprint density at radius 2 is 1.70 bits per heavy atom. The van der Waals surface area contributed by atoms with Gasteiger partial charge in [-0.15, -0.1) is 0 Å². The van der Waals surface area contributed by atoms with Gasteiger partial charge in [-0.3, -0.25) is 4.57 Å². The van der Waals surface area contributed by atoms with Crippen molar-refractivity contribution in [2.75, 3.05) is 13.1 Å². The predicted molar refractivity (Wildman–Crippen MR) is 82.4 cm³/mol. The largest absolute Gasteiger partial charge is 0.371 e. The number of hydrogen-bond donors (Lipinski definition) is 0. The minimum Gasteiger partial charge on any atom is -0.303 e. The molecule has 5 heteroatoms. The fourth-order valence-corrected chi connectivity index (χ4v) is 5.05. The first kappa shape index (κ1) is 17.7. The molecule has 116 valence electrons. The van der Waals surface area contributed by atoms with Gasteiger partial charge in [0.25, 0.3) is 0 Å². The van der Waals surface area contributed by atoms with Crippen molar-refractivity contribution in [2.45, 2.75) is 65.9 Å². The van der Waals surface area contributed by atoms with Crippen molar-refractivity contribution in [3.63, 3.8) is 0 Å². The molecule has 0 radical (unpaired) electrons. The second-order valence-electron chi connectivity index (χ2n) is 6.03. The second kappa shape index (κ2) is 8.17. The second-order valence-corrected chi connectivity index (χ2v) is 8.05. The highest BCUT2D eigenvalue weighted by molar-refractivity contribution is 7.61. The zero-order valence-electron chi connectivity index (χ0n) is 13.3. The summed E-state index contributed by atoms with van der Waals surface area (Å²) >= 11 is 0. The summed E-state index contributed by atoms with van der Waals surface area (Å²) in [5.74, 6) is 2.76. The lowest BCUT2D eigenvalue weighted by atomic mass is 9.81. The van der Waals surface area contributed by atoms with Gasteiger partial charge in [-0.25, -0.2) is 4.67 Å². The van der Waals surface area contributed by atoms with Crippen molar-refractivity contribution in [1.82, 2.24) is 4.67 Å². The maximum Gasteiger partial charge on any atom is 0.371 e. The predicted octanol–water partition coefficient (Wildman–Crippen LogP) is 4.62. The summed E-state index contributed by atoms with van der Waals surface area (Å²) in [7, 11) is -3.35. The molecule has 0 N–H and O–H groups in total. The number of nitriles is 1. The first-order valence-corrected chi connectivity index (χ1v) is 9.51. The molecule has 0 aromatic heterocycles. The van der Waals surface area contributed by atoms with Crippen LogP contribution < -0.4 is 0 Å². The normalized spacial score (nSPS) is 29.9. The highest BCUT2D eigenvalue weighted by Gasteiger charge is 2.39. The molecule has 0 aromatic carbocycles. The van der Waals surface area contributed by atoms with E-state index in [0.29, 0.717) is 24.9 Å². The molecule has 1 aliphatic rings. The van der Waals surface area contributed by atoms with Crippen molar-refractivity contribution in [3.05, 3.63) is 0 Å². The summed E-state index contributed by atoms with van der Waals surface area (Å²) < 4.78 is 20.7. The molecule has 4 nitrogen and oxygen atoms in total. The van der Waals surface area contributed by atoms with Gasteiger partial charge in [0.15, 0.2) is 5.81 Å². The van der Waals surface area contributed by atoms with Gasteiger partial charge in [-0.1, -0.05) is 34.1 Å². The fraction of sp³-hybridized carbons (Fsp3) is 0.933. The Morgan fingerprint density at radius 3 is 2.10 bits per heavy atom. The molecule has 1 aliphatic carbocycles. The van der Waals surface area contributed by atoms with E-state index in [0.717, 1.165) is 25.7 Å². The van der Waals surface area contributed by atoms with Crippen LogP contribution in [0, 0.1) is 22.9 Å². The maximum absolute atomic E-state index is 13.0. The average molecular weight is 300 g/mol. The third-order valence-electron chi connectivity index (χ3n) is 4.17. The summed E-state index contributed by atoms with van der Waals surface area (Å²) in [6.45, 7) is 9.69. The van der Waals surface area contributed by atoms with Crippen LogP contribution in [0.4, 0.5) is 0 Å². The average Bonchev–Trinajstić information content (AvgIpc) is 2.43. The Hall–Kier alpha value is -0.360. The van der Waals surface area contributed by atoms with E-state index >= 15 is 0 Å². The molecule has 0 saturated heterocycles. The Morgan fingerprint density at radius 1 is 1.20 bits per heavy atom. The molecule has 0 aromatic rings. The summed E-state index contributed by atoms with van der Waals surface area (Å²) in [4.78, 5) is 0. The molecule has 0 aliphatic heterocycles. The highest BCUT2D eigenvalue weighted by atomic mass is 31.2. The molecule has 0 bridgehead atoms. The molecule has 20 heavy (non-hydrogen) atoms. The van der Waals surface area contributed by atoms with Crippen LogP contribution in [-0.4, -0.2) is 23.9 Å². The van der Waals surface area contributed by atoms with Gasteiger partial charge >= 0.3 is 7.52 Å². The first-order chi connectivity index (χ1) is 9.48. The molecule has 3 unspecified atom stereocenters. The number of nitrogens with zero attached hydrogens (tertiary/aromatic N) is 2. The van der Waals surface area contributed by atoms with Gasteiger partial charge < -0.3 is 4.52 Å². The molecule has 1 rings (SSSR count). The third-order valence-corrected chi connectivity index (χ3v) is 6.09. The van der Waals surface area contributed by atoms with E-state index in [1.165, 1.54) is 6.42 Å². The topological polar surface area (TPSA) is 53.3 Å². The van der Waals surface area contributed by atoms with Crippen LogP contribution in [0.1, 0.15) is 59.8 Å². The van der Waals surface area contributed by atoms with Crippen molar-refractivity contribution < 1.29 is 9.09 Å². The van der Waals surface area contributed by atoms with Gasteiger partial charge in [-0.2, -0.15) is 5.26 Å². The molecule has 1 saturated carbocycles. The van der Waals surface area contributed by atoms with Crippen LogP contribution in [0.3, 0.4) is 0 Å². The number of rotatable bonds is 7. The van der Waals surface area contributed by atoms with Gasteiger partial charge in [0.1, 0.15) is 0 Å². The molecular weight excluding hydrogens is 271 g/mol. The van der Waals surface area contributed by atoms with E-state index < -0.39 is 7.52 Å². The van der Waals surface area contributed by atoms with Crippen molar-refractivity contribution in [2.24, 2.45) is 11.8 Å². The van der Waals surface area contributed by atoms with E-state index in [1.807, 2.05) is 19.7 Å². The Bertz CT molecular complexity index is 365. The fourth-order valence-electron chi connectivity index (χ4n) is 3.07. The van der Waals surface area contributed by atoms with Gasteiger partial charge in [0.05, 0.1) is 6.10 Å². The van der Waals surface area contributed by atoms with E-state index in [1.54, 1.807) is 4.67 Å². The maximum atomic E-state index is 13.0. The van der Waals surface area contributed by atoms with Gasteiger partial charge in [-0.05, 0) is 37.5 Å². The SMILES string of the molecule is CCCN(CCC)P(=O)(C#N)OC1C(C)CCCC1C. The Kier molecular flexibility index (Phi) is 7.23. The molecule has 0 amide bonds. The van der Waals surface area contributed by atoms with E-state index in [-0.39, 0.29) is 6.10 Å². The monoisotopic (exact) mass is 300 g/mol. The zero-order chi connectivity index (χ0) is 15.2. The molecule has 3 atom stereocenters. The van der Waals surface area contributed by atoms with Crippen molar-refractivity contribution in [3.8, 4) is 5.81 Å². The minimum atomic E-state index is -3.35. The molecular formula is C15H29N2O2P. The molecule has 0 heterocycles. The number of hydrogen-bond acceptors (Lipinski definition) is 3. The standard InChI is InChI=1S/C15H29N2O2P/c1-5-10-17(11-6-2)20(18,12-16)19-15-13(3)8-7-9-14(15)4/h13-15H,5-11H2,1-4H3. The third kappa shape index (κ3) is 4.32. The lowest BCUT2D eigenvalue weighted by molar-refractivity contribution is 0.0507. The summed E-state index contributed by atoms with van der Waals surface area (Å²) in [5, 5.41) is 9.43. The smallest absolute Gasteiger partial charge is 0.303 e. The highest BCUT2D eigenvalue weighted by Crippen LogP contribution is 2.53. The summed E-state index contributed by atoms with van der Waals surface area (Å²) in [5.41, 5.74) is 0. The Balaban J connectivity index is 2.86. The Labute approximate surface area is 124 Å². The van der Waals surface area contributed by atoms with Crippen LogP contribution in [0.15, 0.2) is 0 Å². The van der Waals surface area contributed by atoms with Crippen LogP contribution in [-0.2, 0) is 9.09 Å². The van der Waals surface area contributed by atoms with Crippen molar-refractivity contribution >= 4 is 7.52 Å². The van der Waals surface area contributed by atoms with Crippen LogP contribution >= 0.6 is 7.52 Å². The van der Waals surface area contributed by atoms with E-state index in [9.17, 15) is 9.83 Å². The van der Waals surface area contributed by atoms with Crippen LogP contribution in [0.25, 0.3) is 0 Å². The molecule has 1 fully saturated rings. The van der Waals surface area contributed by atoms with E-state index in [2.05, 4.69) is 13.8 Å². The van der Waals surface area contributed by atoms with Crippen LogP contribution in [0.2, 0.25) is 0 Å². The van der Waals surface area contributed by atoms with Crippen molar-refractivity contribution in [1.29, 1.82) is 5.26 Å².